The molecule has 3 nitrogen and oxygen atoms in total. The second-order valence-electron chi connectivity index (χ2n) is 6.21. The number of alkyl halides is 2. The summed E-state index contributed by atoms with van der Waals surface area (Å²) in [6, 6.07) is 7.90. The van der Waals surface area contributed by atoms with Crippen LogP contribution >= 0.6 is 11.3 Å². The Morgan fingerprint density at radius 3 is 2.75 bits per heavy atom. The summed E-state index contributed by atoms with van der Waals surface area (Å²) < 4.78 is 25.8. The summed E-state index contributed by atoms with van der Waals surface area (Å²) in [5, 5.41) is 1.97. The minimum absolute atomic E-state index is 0.113. The van der Waals surface area contributed by atoms with E-state index in [1.54, 1.807) is 23.0 Å². The predicted molar refractivity (Wildman–Crippen MR) is 89.2 cm³/mol. The fourth-order valence-electron chi connectivity index (χ4n) is 3.01. The van der Waals surface area contributed by atoms with Gasteiger partial charge in [-0.3, -0.25) is 14.8 Å². The average molecular weight is 344 g/mol. The number of benzene rings is 1. The Labute approximate surface area is 141 Å². The number of Topliss-reactive ketones (excluding diaryl/α,β-unsaturated/α-hetero) is 1. The van der Waals surface area contributed by atoms with E-state index >= 15 is 0 Å². The number of pyridine rings is 1. The third-order valence-electron chi connectivity index (χ3n) is 4.40. The van der Waals surface area contributed by atoms with E-state index in [1.807, 2.05) is 30.5 Å². The van der Waals surface area contributed by atoms with Crippen molar-refractivity contribution in [3.8, 4) is 10.4 Å². The number of rotatable bonds is 4. The van der Waals surface area contributed by atoms with Gasteiger partial charge in [0.25, 0.3) is 0 Å². The highest BCUT2D eigenvalue weighted by Gasteiger charge is 2.48. The number of ketones is 1. The third-order valence-corrected chi connectivity index (χ3v) is 5.22. The van der Waals surface area contributed by atoms with E-state index in [-0.39, 0.29) is 25.0 Å². The van der Waals surface area contributed by atoms with Crippen LogP contribution in [0.2, 0.25) is 0 Å². The molecule has 0 radical (unpaired) electrons. The summed E-state index contributed by atoms with van der Waals surface area (Å²) >= 11 is 1.56. The molecule has 2 aromatic heterocycles. The van der Waals surface area contributed by atoms with Gasteiger partial charge in [0.15, 0.2) is 0 Å². The molecule has 4 rings (SSSR count). The molecule has 0 atom stereocenters. The summed E-state index contributed by atoms with van der Waals surface area (Å²) in [5.74, 6) is -3.34. The fraction of sp³-hybridized carbons (Fsp3) is 0.278. The lowest BCUT2D eigenvalue weighted by atomic mass is 9.77. The second-order valence-corrected chi connectivity index (χ2v) is 7.09. The van der Waals surface area contributed by atoms with Gasteiger partial charge in [-0.1, -0.05) is 12.1 Å². The Morgan fingerprint density at radius 2 is 2.04 bits per heavy atom. The molecular formula is C18H14F2N2OS. The molecule has 0 bridgehead atoms. The van der Waals surface area contributed by atoms with Crippen molar-refractivity contribution in [3.63, 3.8) is 0 Å². The van der Waals surface area contributed by atoms with Crippen LogP contribution in [0.15, 0.2) is 42.2 Å². The highest BCUT2D eigenvalue weighted by molar-refractivity contribution is 7.13. The third kappa shape index (κ3) is 2.94. The standard InChI is InChI=1S/C18H14F2N2OS/c19-18(20)6-14(7-18)16(23)5-15-4-13-3-11(17-9-21-10-24-17)1-2-12(13)8-22-15/h1-4,8-10,14H,5-7H2. The van der Waals surface area contributed by atoms with Crippen molar-refractivity contribution >= 4 is 27.9 Å². The summed E-state index contributed by atoms with van der Waals surface area (Å²) in [6.45, 7) is 0. The van der Waals surface area contributed by atoms with Crippen molar-refractivity contribution in [3.05, 3.63) is 47.9 Å². The van der Waals surface area contributed by atoms with E-state index in [2.05, 4.69) is 9.97 Å². The van der Waals surface area contributed by atoms with E-state index in [0.717, 1.165) is 21.2 Å². The maximum Gasteiger partial charge on any atom is 0.249 e. The van der Waals surface area contributed by atoms with E-state index in [0.29, 0.717) is 5.69 Å². The normalized spacial score (nSPS) is 16.9. The second kappa shape index (κ2) is 5.70. The number of halogens is 2. The number of carbonyl (C=O) groups excluding carboxylic acids is 1. The van der Waals surface area contributed by atoms with Crippen LogP contribution in [0.5, 0.6) is 0 Å². The summed E-state index contributed by atoms with van der Waals surface area (Å²) in [7, 11) is 0. The van der Waals surface area contributed by atoms with E-state index < -0.39 is 11.8 Å². The Morgan fingerprint density at radius 1 is 1.21 bits per heavy atom. The number of aromatic nitrogens is 2. The first-order valence-electron chi connectivity index (χ1n) is 7.68. The van der Waals surface area contributed by atoms with Crippen molar-refractivity contribution in [2.45, 2.75) is 25.2 Å². The first-order valence-corrected chi connectivity index (χ1v) is 8.56. The van der Waals surface area contributed by atoms with Crippen LogP contribution in [0.4, 0.5) is 8.78 Å². The first kappa shape index (κ1) is 15.3. The Kier molecular flexibility index (Phi) is 3.64. The van der Waals surface area contributed by atoms with Gasteiger partial charge < -0.3 is 0 Å². The van der Waals surface area contributed by atoms with Crippen LogP contribution in [0.25, 0.3) is 21.2 Å². The molecule has 0 aliphatic heterocycles. The lowest BCUT2D eigenvalue weighted by Crippen LogP contribution is -2.40. The molecule has 0 amide bonds. The van der Waals surface area contributed by atoms with Crippen molar-refractivity contribution in [2.75, 3.05) is 0 Å². The molecule has 0 spiro atoms. The molecular weight excluding hydrogens is 330 g/mol. The monoisotopic (exact) mass is 344 g/mol. The molecule has 0 N–H and O–H groups in total. The SMILES string of the molecule is O=C(Cc1cc2cc(-c3cncs3)ccc2cn1)C1CC(F)(F)C1. The van der Waals surface area contributed by atoms with Crippen molar-refractivity contribution in [2.24, 2.45) is 5.92 Å². The lowest BCUT2D eigenvalue weighted by Gasteiger charge is -2.33. The van der Waals surface area contributed by atoms with Gasteiger partial charge >= 0.3 is 0 Å². The quantitative estimate of drug-likeness (QED) is 0.699. The van der Waals surface area contributed by atoms with E-state index in [1.165, 1.54) is 0 Å². The van der Waals surface area contributed by atoms with Gasteiger partial charge in [0.05, 0.1) is 10.4 Å². The molecule has 1 fully saturated rings. The maximum atomic E-state index is 12.9. The minimum atomic E-state index is -2.67. The molecule has 6 heteroatoms. The molecule has 24 heavy (non-hydrogen) atoms. The average Bonchev–Trinajstić information content (AvgIpc) is 3.06. The van der Waals surface area contributed by atoms with Gasteiger partial charge in [-0.25, -0.2) is 8.78 Å². The largest absolute Gasteiger partial charge is 0.299 e. The Bertz CT molecular complexity index is 901. The van der Waals surface area contributed by atoms with Crippen molar-refractivity contribution in [1.29, 1.82) is 0 Å². The summed E-state index contributed by atoms with van der Waals surface area (Å²) in [4.78, 5) is 21.5. The molecule has 1 aliphatic carbocycles. The molecule has 3 aromatic rings. The van der Waals surface area contributed by atoms with Gasteiger partial charge in [-0.15, -0.1) is 11.3 Å². The topological polar surface area (TPSA) is 42.9 Å². The number of hydrogen-bond donors (Lipinski definition) is 0. The van der Waals surface area contributed by atoms with Crippen LogP contribution in [-0.4, -0.2) is 21.7 Å². The van der Waals surface area contributed by atoms with Crippen molar-refractivity contribution in [1.82, 2.24) is 9.97 Å². The number of carbonyl (C=O) groups is 1. The Balaban J connectivity index is 1.57. The van der Waals surface area contributed by atoms with Crippen LogP contribution in [0.1, 0.15) is 18.5 Å². The van der Waals surface area contributed by atoms with Crippen LogP contribution in [0, 0.1) is 5.92 Å². The van der Waals surface area contributed by atoms with Crippen LogP contribution in [0.3, 0.4) is 0 Å². The molecule has 0 saturated heterocycles. The highest BCUT2D eigenvalue weighted by atomic mass is 32.1. The lowest BCUT2D eigenvalue weighted by molar-refractivity contribution is -0.147. The van der Waals surface area contributed by atoms with Crippen LogP contribution in [-0.2, 0) is 11.2 Å². The number of hydrogen-bond acceptors (Lipinski definition) is 4. The molecule has 2 heterocycles. The first-order chi connectivity index (χ1) is 11.5. The smallest absolute Gasteiger partial charge is 0.249 e. The van der Waals surface area contributed by atoms with Crippen LogP contribution < -0.4 is 0 Å². The highest BCUT2D eigenvalue weighted by Crippen LogP contribution is 2.43. The van der Waals surface area contributed by atoms with E-state index in [4.69, 9.17) is 0 Å². The predicted octanol–water partition coefficient (Wildman–Crippen LogP) is 4.52. The molecule has 1 aromatic carbocycles. The van der Waals surface area contributed by atoms with Crippen molar-refractivity contribution < 1.29 is 13.6 Å². The summed E-state index contributed by atoms with van der Waals surface area (Å²) in [5.41, 5.74) is 3.47. The minimum Gasteiger partial charge on any atom is -0.299 e. The fourth-order valence-corrected chi connectivity index (χ4v) is 3.63. The molecule has 1 saturated carbocycles. The zero-order valence-electron chi connectivity index (χ0n) is 12.7. The Hall–Kier alpha value is -2.21. The molecule has 0 unspecified atom stereocenters. The van der Waals surface area contributed by atoms with Gasteiger partial charge in [-0.2, -0.15) is 0 Å². The zero-order valence-corrected chi connectivity index (χ0v) is 13.5. The van der Waals surface area contributed by atoms with Gasteiger partial charge in [0.2, 0.25) is 5.92 Å². The van der Waals surface area contributed by atoms with Gasteiger partial charge in [0, 0.05) is 48.7 Å². The number of thiazole rings is 1. The maximum absolute atomic E-state index is 12.9. The zero-order chi connectivity index (χ0) is 16.7. The molecule has 122 valence electrons. The number of fused-ring (bicyclic) bond motifs is 1. The van der Waals surface area contributed by atoms with Gasteiger partial charge in [0.1, 0.15) is 5.78 Å². The summed E-state index contributed by atoms with van der Waals surface area (Å²) in [6.07, 6.45) is 3.00. The van der Waals surface area contributed by atoms with Gasteiger partial charge in [-0.05, 0) is 23.1 Å². The number of nitrogens with zero attached hydrogens (tertiary/aromatic N) is 2. The molecule has 1 aliphatic rings. The van der Waals surface area contributed by atoms with E-state index in [9.17, 15) is 13.6 Å².